The summed E-state index contributed by atoms with van der Waals surface area (Å²) in [5, 5.41) is 0. The summed E-state index contributed by atoms with van der Waals surface area (Å²) in [7, 11) is 0. The average Bonchev–Trinajstić information content (AvgIpc) is 2.28. The molecule has 0 amide bonds. The topological polar surface area (TPSA) is 55.0 Å². The lowest BCUT2D eigenvalue weighted by molar-refractivity contribution is 0.340. The van der Waals surface area contributed by atoms with Gasteiger partial charge in [-0.05, 0) is 32.0 Å². The Kier molecular flexibility index (Phi) is 3.23. The Morgan fingerprint density at radius 2 is 2.18 bits per heavy atom. The summed E-state index contributed by atoms with van der Waals surface area (Å²) in [6, 6.07) is 9.40. The van der Waals surface area contributed by atoms with Crippen molar-refractivity contribution in [3.05, 3.63) is 46.5 Å². The highest BCUT2D eigenvalue weighted by atomic mass is 16.5. The molecule has 0 unspecified atom stereocenters. The van der Waals surface area contributed by atoms with Crippen molar-refractivity contribution >= 4 is 0 Å². The molecule has 1 N–H and O–H groups in total. The molecule has 0 spiro atoms. The fourth-order valence-electron chi connectivity index (χ4n) is 1.64. The zero-order chi connectivity index (χ0) is 12.3. The van der Waals surface area contributed by atoms with Crippen LogP contribution in [0.5, 0.6) is 5.75 Å². The highest BCUT2D eigenvalue weighted by Crippen LogP contribution is 2.21. The SMILES string of the molecule is CCOc1cccc(-c2cc(C)[nH]c(=O)n2)c1. The van der Waals surface area contributed by atoms with Gasteiger partial charge in [0.15, 0.2) is 0 Å². The predicted molar refractivity (Wildman–Crippen MR) is 66.2 cm³/mol. The van der Waals surface area contributed by atoms with Gasteiger partial charge in [0.25, 0.3) is 0 Å². The van der Waals surface area contributed by atoms with Gasteiger partial charge in [0.05, 0.1) is 12.3 Å². The molecule has 0 radical (unpaired) electrons. The van der Waals surface area contributed by atoms with Crippen molar-refractivity contribution in [3.8, 4) is 17.0 Å². The zero-order valence-corrected chi connectivity index (χ0v) is 9.86. The number of hydrogen-bond acceptors (Lipinski definition) is 3. The fraction of sp³-hybridized carbons (Fsp3) is 0.231. The summed E-state index contributed by atoms with van der Waals surface area (Å²) >= 11 is 0. The summed E-state index contributed by atoms with van der Waals surface area (Å²) < 4.78 is 5.41. The van der Waals surface area contributed by atoms with Crippen molar-refractivity contribution in [1.29, 1.82) is 0 Å². The standard InChI is InChI=1S/C13H14N2O2/c1-3-17-11-6-4-5-10(8-11)12-7-9(2)14-13(16)15-12/h4-8H,3H2,1-2H3,(H,14,15,16). The maximum absolute atomic E-state index is 11.3. The lowest BCUT2D eigenvalue weighted by Gasteiger charge is -2.05. The molecule has 0 saturated heterocycles. The summed E-state index contributed by atoms with van der Waals surface area (Å²) in [6.07, 6.45) is 0. The predicted octanol–water partition coefficient (Wildman–Crippen LogP) is 2.14. The van der Waals surface area contributed by atoms with Crippen LogP contribution in [0.2, 0.25) is 0 Å². The van der Waals surface area contributed by atoms with Gasteiger partial charge in [-0.15, -0.1) is 0 Å². The van der Waals surface area contributed by atoms with E-state index in [4.69, 9.17) is 4.74 Å². The molecule has 1 heterocycles. The smallest absolute Gasteiger partial charge is 0.345 e. The first kappa shape index (κ1) is 11.4. The van der Waals surface area contributed by atoms with Gasteiger partial charge in [0, 0.05) is 11.3 Å². The number of benzene rings is 1. The molecule has 0 fully saturated rings. The maximum atomic E-state index is 11.3. The molecule has 4 nitrogen and oxygen atoms in total. The van der Waals surface area contributed by atoms with Crippen LogP contribution >= 0.6 is 0 Å². The Balaban J connectivity index is 2.45. The molecule has 4 heteroatoms. The molecule has 0 bridgehead atoms. The summed E-state index contributed by atoms with van der Waals surface area (Å²) in [5.41, 5.74) is 2.00. The van der Waals surface area contributed by atoms with E-state index in [1.807, 2.05) is 44.2 Å². The number of H-pyrrole nitrogens is 1. The van der Waals surface area contributed by atoms with Gasteiger partial charge in [-0.1, -0.05) is 12.1 Å². The number of hydrogen-bond donors (Lipinski definition) is 1. The first-order valence-corrected chi connectivity index (χ1v) is 5.50. The molecule has 2 aromatic rings. The number of aryl methyl sites for hydroxylation is 1. The van der Waals surface area contributed by atoms with Gasteiger partial charge in [-0.2, -0.15) is 4.98 Å². The van der Waals surface area contributed by atoms with E-state index < -0.39 is 0 Å². The quantitative estimate of drug-likeness (QED) is 0.878. The Bertz CT molecular complexity index is 576. The van der Waals surface area contributed by atoms with E-state index in [-0.39, 0.29) is 5.69 Å². The van der Waals surface area contributed by atoms with Gasteiger partial charge < -0.3 is 9.72 Å². The Morgan fingerprint density at radius 3 is 2.88 bits per heavy atom. The van der Waals surface area contributed by atoms with Crippen LogP contribution in [0.25, 0.3) is 11.3 Å². The number of nitrogens with one attached hydrogen (secondary N) is 1. The van der Waals surface area contributed by atoms with E-state index in [1.165, 1.54) is 0 Å². The second-order valence-corrected chi connectivity index (χ2v) is 3.72. The van der Waals surface area contributed by atoms with Crippen LogP contribution in [0, 0.1) is 6.92 Å². The zero-order valence-electron chi connectivity index (χ0n) is 9.86. The molecular formula is C13H14N2O2. The van der Waals surface area contributed by atoms with Crippen LogP contribution < -0.4 is 10.4 Å². The fourth-order valence-corrected chi connectivity index (χ4v) is 1.64. The van der Waals surface area contributed by atoms with E-state index in [0.29, 0.717) is 12.3 Å². The third kappa shape index (κ3) is 2.72. The molecule has 0 aliphatic heterocycles. The number of ether oxygens (including phenoxy) is 1. The number of nitrogens with zero attached hydrogens (tertiary/aromatic N) is 1. The lowest BCUT2D eigenvalue weighted by atomic mass is 10.1. The normalized spacial score (nSPS) is 10.2. The van der Waals surface area contributed by atoms with Crippen LogP contribution in [0.4, 0.5) is 0 Å². The summed E-state index contributed by atoms with van der Waals surface area (Å²) in [6.45, 7) is 4.38. The second-order valence-electron chi connectivity index (χ2n) is 3.72. The first-order chi connectivity index (χ1) is 8.19. The Morgan fingerprint density at radius 1 is 1.35 bits per heavy atom. The number of rotatable bonds is 3. The van der Waals surface area contributed by atoms with Gasteiger partial charge in [-0.25, -0.2) is 4.79 Å². The Labute approximate surface area is 99.3 Å². The molecule has 0 aliphatic rings. The number of aromatic nitrogens is 2. The Hall–Kier alpha value is -2.10. The molecule has 17 heavy (non-hydrogen) atoms. The molecule has 0 aliphatic carbocycles. The minimum Gasteiger partial charge on any atom is -0.494 e. The summed E-state index contributed by atoms with van der Waals surface area (Å²) in [4.78, 5) is 17.9. The second kappa shape index (κ2) is 4.82. The largest absolute Gasteiger partial charge is 0.494 e. The maximum Gasteiger partial charge on any atom is 0.345 e. The van der Waals surface area contributed by atoms with Crippen LogP contribution in [0.15, 0.2) is 35.1 Å². The minimum absolute atomic E-state index is 0.332. The van der Waals surface area contributed by atoms with Gasteiger partial charge in [0.1, 0.15) is 5.75 Å². The highest BCUT2D eigenvalue weighted by Gasteiger charge is 2.03. The van der Waals surface area contributed by atoms with Crippen molar-refractivity contribution in [2.24, 2.45) is 0 Å². The molecule has 0 saturated carbocycles. The molecule has 2 rings (SSSR count). The highest BCUT2D eigenvalue weighted by molar-refractivity contribution is 5.61. The molecule has 1 aromatic heterocycles. The monoisotopic (exact) mass is 230 g/mol. The van der Waals surface area contributed by atoms with E-state index in [1.54, 1.807) is 0 Å². The molecule has 0 atom stereocenters. The third-order valence-corrected chi connectivity index (χ3v) is 2.32. The van der Waals surface area contributed by atoms with Crippen LogP contribution in [-0.2, 0) is 0 Å². The van der Waals surface area contributed by atoms with Crippen LogP contribution in [0.3, 0.4) is 0 Å². The molecule has 1 aromatic carbocycles. The van der Waals surface area contributed by atoms with Crippen LogP contribution in [0.1, 0.15) is 12.6 Å². The van der Waals surface area contributed by atoms with E-state index in [9.17, 15) is 4.79 Å². The third-order valence-electron chi connectivity index (χ3n) is 2.32. The molecular weight excluding hydrogens is 216 g/mol. The van der Waals surface area contributed by atoms with E-state index >= 15 is 0 Å². The first-order valence-electron chi connectivity index (χ1n) is 5.50. The van der Waals surface area contributed by atoms with E-state index in [0.717, 1.165) is 17.0 Å². The van der Waals surface area contributed by atoms with Crippen molar-refractivity contribution in [2.45, 2.75) is 13.8 Å². The van der Waals surface area contributed by atoms with E-state index in [2.05, 4.69) is 9.97 Å². The van der Waals surface area contributed by atoms with Gasteiger partial charge >= 0.3 is 5.69 Å². The van der Waals surface area contributed by atoms with Crippen molar-refractivity contribution < 1.29 is 4.74 Å². The van der Waals surface area contributed by atoms with Crippen molar-refractivity contribution in [2.75, 3.05) is 6.61 Å². The van der Waals surface area contributed by atoms with Gasteiger partial charge in [0.2, 0.25) is 0 Å². The van der Waals surface area contributed by atoms with Crippen molar-refractivity contribution in [3.63, 3.8) is 0 Å². The minimum atomic E-state index is -0.332. The summed E-state index contributed by atoms with van der Waals surface area (Å²) in [5.74, 6) is 0.782. The van der Waals surface area contributed by atoms with Crippen molar-refractivity contribution in [1.82, 2.24) is 9.97 Å². The number of aromatic amines is 1. The van der Waals surface area contributed by atoms with Gasteiger partial charge in [-0.3, -0.25) is 0 Å². The van der Waals surface area contributed by atoms with Crippen LogP contribution in [-0.4, -0.2) is 16.6 Å². The molecule has 88 valence electrons. The average molecular weight is 230 g/mol. The lowest BCUT2D eigenvalue weighted by Crippen LogP contribution is -2.11.